The zero-order valence-electron chi connectivity index (χ0n) is 12.1. The van der Waals surface area contributed by atoms with E-state index in [-0.39, 0.29) is 0 Å². The molecule has 1 aliphatic carbocycles. The summed E-state index contributed by atoms with van der Waals surface area (Å²) in [7, 11) is 0. The van der Waals surface area contributed by atoms with Gasteiger partial charge in [-0.2, -0.15) is 0 Å². The molecule has 1 aromatic rings. The van der Waals surface area contributed by atoms with Crippen LogP contribution in [0.25, 0.3) is 0 Å². The second-order valence-electron chi connectivity index (χ2n) is 5.36. The van der Waals surface area contributed by atoms with E-state index < -0.39 is 0 Å². The predicted octanol–water partition coefficient (Wildman–Crippen LogP) is 4.22. The third-order valence-electron chi connectivity index (χ3n) is 3.70. The number of nitrogens with one attached hydrogen (secondary N) is 1. The first-order chi connectivity index (χ1) is 9.24. The molecule has 19 heavy (non-hydrogen) atoms. The van der Waals surface area contributed by atoms with Gasteiger partial charge in [-0.25, -0.2) is 0 Å². The van der Waals surface area contributed by atoms with E-state index in [2.05, 4.69) is 36.2 Å². The summed E-state index contributed by atoms with van der Waals surface area (Å²) < 4.78 is 0. The fraction of sp³-hybridized carbons (Fsp3) is 0.625. The van der Waals surface area contributed by atoms with E-state index in [9.17, 15) is 0 Å². The Kier molecular flexibility index (Phi) is 5.53. The molecule has 1 aliphatic rings. The van der Waals surface area contributed by atoms with Crippen LogP contribution in [0.3, 0.4) is 0 Å². The molecule has 0 heterocycles. The van der Waals surface area contributed by atoms with Crippen LogP contribution in [0, 0.1) is 0 Å². The summed E-state index contributed by atoms with van der Waals surface area (Å²) in [5, 5.41) is 4.43. The van der Waals surface area contributed by atoms with Crippen LogP contribution in [0.15, 0.2) is 18.2 Å². The average molecular weight is 281 g/mol. The van der Waals surface area contributed by atoms with Gasteiger partial charge in [0.2, 0.25) is 0 Å². The van der Waals surface area contributed by atoms with Crippen molar-refractivity contribution in [3.63, 3.8) is 0 Å². The second kappa shape index (κ2) is 7.16. The lowest BCUT2D eigenvalue weighted by atomic mass is 10.1. The quantitative estimate of drug-likeness (QED) is 0.767. The Morgan fingerprint density at radius 1 is 1.32 bits per heavy atom. The molecule has 0 radical (unpaired) electrons. The van der Waals surface area contributed by atoms with Crippen molar-refractivity contribution in [2.24, 2.45) is 0 Å². The maximum atomic E-state index is 6.15. The van der Waals surface area contributed by atoms with E-state index in [1.165, 1.54) is 36.9 Å². The summed E-state index contributed by atoms with van der Waals surface area (Å²) in [5.74, 6) is 0. The van der Waals surface area contributed by atoms with Gasteiger partial charge in [-0.05, 0) is 49.9 Å². The molecule has 2 rings (SSSR count). The maximum Gasteiger partial charge on any atom is 0.0412 e. The highest BCUT2D eigenvalue weighted by atomic mass is 35.5. The number of anilines is 1. The first-order valence-electron chi connectivity index (χ1n) is 7.51. The SMILES string of the molecule is CCCCN(CC)c1ccc(Cl)cc1CNC1CC1. The molecule has 106 valence electrons. The predicted molar refractivity (Wildman–Crippen MR) is 84.1 cm³/mol. The highest BCUT2D eigenvalue weighted by Crippen LogP contribution is 2.26. The molecule has 2 nitrogen and oxygen atoms in total. The number of nitrogens with zero attached hydrogens (tertiary/aromatic N) is 1. The molecule has 1 N–H and O–H groups in total. The number of hydrogen-bond donors (Lipinski definition) is 1. The molecular formula is C16H25ClN2. The van der Waals surface area contributed by atoms with Crippen LogP contribution in [-0.2, 0) is 6.54 Å². The lowest BCUT2D eigenvalue weighted by molar-refractivity contribution is 0.678. The minimum atomic E-state index is 0.734. The van der Waals surface area contributed by atoms with Crippen LogP contribution >= 0.6 is 11.6 Å². The summed E-state index contributed by atoms with van der Waals surface area (Å²) in [5.41, 5.74) is 2.67. The van der Waals surface area contributed by atoms with Crippen molar-refractivity contribution in [1.29, 1.82) is 0 Å². The minimum absolute atomic E-state index is 0.734. The van der Waals surface area contributed by atoms with Crippen LogP contribution in [0.2, 0.25) is 5.02 Å². The van der Waals surface area contributed by atoms with E-state index >= 15 is 0 Å². The lowest BCUT2D eigenvalue weighted by Crippen LogP contribution is -2.26. The molecule has 1 saturated carbocycles. The van der Waals surface area contributed by atoms with Crippen LogP contribution in [0.1, 0.15) is 45.1 Å². The van der Waals surface area contributed by atoms with Crippen LogP contribution in [0.5, 0.6) is 0 Å². The van der Waals surface area contributed by atoms with Crippen LogP contribution in [0.4, 0.5) is 5.69 Å². The molecule has 0 atom stereocenters. The van der Waals surface area contributed by atoms with Gasteiger partial charge >= 0.3 is 0 Å². The zero-order valence-corrected chi connectivity index (χ0v) is 12.8. The Hall–Kier alpha value is -0.730. The van der Waals surface area contributed by atoms with Gasteiger partial charge in [0.05, 0.1) is 0 Å². The monoisotopic (exact) mass is 280 g/mol. The fourth-order valence-corrected chi connectivity index (χ4v) is 2.54. The van der Waals surface area contributed by atoms with Gasteiger partial charge in [0.1, 0.15) is 0 Å². The third kappa shape index (κ3) is 4.39. The Labute approximate surface area is 122 Å². The summed E-state index contributed by atoms with van der Waals surface area (Å²) in [4.78, 5) is 2.46. The normalized spacial score (nSPS) is 14.7. The number of rotatable bonds is 8. The number of hydrogen-bond acceptors (Lipinski definition) is 2. The number of halogens is 1. The van der Waals surface area contributed by atoms with E-state index in [1.54, 1.807) is 0 Å². The Morgan fingerprint density at radius 2 is 2.11 bits per heavy atom. The largest absolute Gasteiger partial charge is 0.372 e. The van der Waals surface area contributed by atoms with Crippen molar-refractivity contribution in [1.82, 2.24) is 5.32 Å². The molecule has 0 aliphatic heterocycles. The van der Waals surface area contributed by atoms with Crippen molar-refractivity contribution in [3.8, 4) is 0 Å². The summed E-state index contributed by atoms with van der Waals surface area (Å²) in [6.45, 7) is 7.58. The molecular weight excluding hydrogens is 256 g/mol. The summed E-state index contributed by atoms with van der Waals surface area (Å²) in [6.07, 6.45) is 5.12. The van der Waals surface area contributed by atoms with Crippen molar-refractivity contribution >= 4 is 17.3 Å². The molecule has 0 unspecified atom stereocenters. The van der Waals surface area contributed by atoms with E-state index in [4.69, 9.17) is 11.6 Å². The smallest absolute Gasteiger partial charge is 0.0412 e. The fourth-order valence-electron chi connectivity index (χ4n) is 2.34. The first kappa shape index (κ1) is 14.7. The zero-order chi connectivity index (χ0) is 13.7. The molecule has 0 bridgehead atoms. The van der Waals surface area contributed by atoms with Crippen molar-refractivity contribution in [2.75, 3.05) is 18.0 Å². The van der Waals surface area contributed by atoms with Crippen molar-refractivity contribution in [3.05, 3.63) is 28.8 Å². The highest BCUT2D eigenvalue weighted by Gasteiger charge is 2.21. The molecule has 3 heteroatoms. The Bertz CT molecular complexity index is 402. The van der Waals surface area contributed by atoms with Gasteiger partial charge in [0.15, 0.2) is 0 Å². The van der Waals surface area contributed by atoms with Crippen molar-refractivity contribution in [2.45, 2.75) is 52.1 Å². The summed E-state index contributed by atoms with van der Waals surface area (Å²) >= 11 is 6.15. The first-order valence-corrected chi connectivity index (χ1v) is 7.89. The number of unbranched alkanes of at least 4 members (excludes halogenated alkanes) is 1. The molecule has 0 spiro atoms. The third-order valence-corrected chi connectivity index (χ3v) is 3.94. The van der Waals surface area contributed by atoms with Gasteiger partial charge < -0.3 is 10.2 Å². The maximum absolute atomic E-state index is 6.15. The van der Waals surface area contributed by atoms with E-state index in [0.29, 0.717) is 0 Å². The highest BCUT2D eigenvalue weighted by molar-refractivity contribution is 6.30. The molecule has 0 amide bonds. The van der Waals surface area contributed by atoms with Crippen LogP contribution in [-0.4, -0.2) is 19.1 Å². The van der Waals surface area contributed by atoms with E-state index in [1.807, 2.05) is 6.07 Å². The lowest BCUT2D eigenvalue weighted by Gasteiger charge is -2.26. The van der Waals surface area contributed by atoms with Crippen molar-refractivity contribution < 1.29 is 0 Å². The molecule has 1 fully saturated rings. The van der Waals surface area contributed by atoms with Crippen LogP contribution < -0.4 is 10.2 Å². The standard InChI is InChI=1S/C16H25ClN2/c1-3-5-10-19(4-2)16-9-6-14(17)11-13(16)12-18-15-7-8-15/h6,9,11,15,18H,3-5,7-8,10,12H2,1-2H3. The average Bonchev–Trinajstić information content (AvgIpc) is 3.23. The van der Waals surface area contributed by atoms with Gasteiger partial charge in [0, 0.05) is 36.4 Å². The topological polar surface area (TPSA) is 15.3 Å². The van der Waals surface area contributed by atoms with Gasteiger partial charge in [-0.1, -0.05) is 24.9 Å². The Morgan fingerprint density at radius 3 is 2.74 bits per heavy atom. The molecule has 0 aromatic heterocycles. The molecule has 0 saturated heterocycles. The second-order valence-corrected chi connectivity index (χ2v) is 5.80. The minimum Gasteiger partial charge on any atom is -0.372 e. The van der Waals surface area contributed by atoms with Gasteiger partial charge in [0.25, 0.3) is 0 Å². The van der Waals surface area contributed by atoms with Gasteiger partial charge in [-0.3, -0.25) is 0 Å². The van der Waals surface area contributed by atoms with E-state index in [0.717, 1.165) is 30.7 Å². The molecule has 1 aromatic carbocycles. The van der Waals surface area contributed by atoms with Gasteiger partial charge in [-0.15, -0.1) is 0 Å². The Balaban J connectivity index is 2.10. The summed E-state index contributed by atoms with van der Waals surface area (Å²) in [6, 6.07) is 7.02. The number of benzene rings is 1.